The zero-order chi connectivity index (χ0) is 25.7. The van der Waals surface area contributed by atoms with E-state index in [2.05, 4.69) is 15.4 Å². The molecule has 1 unspecified atom stereocenters. The molecule has 0 aliphatic carbocycles. The van der Waals surface area contributed by atoms with Crippen LogP contribution in [0.4, 0.5) is 9.18 Å². The van der Waals surface area contributed by atoms with Gasteiger partial charge < -0.3 is 24.8 Å². The molecule has 1 fully saturated rings. The fourth-order valence-corrected chi connectivity index (χ4v) is 3.50. The summed E-state index contributed by atoms with van der Waals surface area (Å²) < 4.78 is 29.2. The molecule has 2 aromatic rings. The minimum Gasteiger partial charge on any atom is -0.493 e. The van der Waals surface area contributed by atoms with Crippen LogP contribution in [0.5, 0.6) is 5.75 Å². The van der Waals surface area contributed by atoms with Gasteiger partial charge in [-0.3, -0.25) is 4.79 Å². The highest BCUT2D eigenvalue weighted by atomic mass is 19.1. The van der Waals surface area contributed by atoms with Gasteiger partial charge in [-0.1, -0.05) is 30.3 Å². The van der Waals surface area contributed by atoms with E-state index >= 15 is 0 Å². The molecule has 35 heavy (non-hydrogen) atoms. The summed E-state index contributed by atoms with van der Waals surface area (Å²) in [5, 5.41) is 6.16. The number of nitrogens with one attached hydrogen (secondary N) is 2. The van der Waals surface area contributed by atoms with E-state index in [1.54, 1.807) is 12.1 Å². The van der Waals surface area contributed by atoms with Crippen molar-refractivity contribution in [1.82, 2.24) is 10.6 Å². The second-order valence-electron chi connectivity index (χ2n) is 9.41. The Morgan fingerprint density at radius 1 is 1.23 bits per heavy atom. The average Bonchev–Trinajstić information content (AvgIpc) is 3.33. The van der Waals surface area contributed by atoms with Gasteiger partial charge in [0.2, 0.25) is 0 Å². The number of alkyl carbamates (subject to hydrolysis) is 1. The quantitative estimate of drug-likeness (QED) is 0.467. The molecule has 1 saturated heterocycles. The number of rotatable bonds is 9. The summed E-state index contributed by atoms with van der Waals surface area (Å²) in [6.45, 7) is 9.57. The number of ether oxygens (including phenoxy) is 3. The Kier molecular flexibility index (Phi) is 11.5. The zero-order valence-electron chi connectivity index (χ0n) is 21.0. The SMILES string of the molecule is CC(CCOc1ccc(F)cc1[C@H]1CCCN1)NC(=O)OC(C)(C)C.O=COCc1ccccc1. The maximum Gasteiger partial charge on any atom is 0.407 e. The molecule has 7 nitrogen and oxygen atoms in total. The molecule has 1 aliphatic rings. The first-order chi connectivity index (χ1) is 16.7. The molecule has 2 aromatic carbocycles. The van der Waals surface area contributed by atoms with Crippen molar-refractivity contribution in [2.24, 2.45) is 0 Å². The summed E-state index contributed by atoms with van der Waals surface area (Å²) in [5.41, 5.74) is 1.36. The predicted molar refractivity (Wildman–Crippen MR) is 133 cm³/mol. The Morgan fingerprint density at radius 3 is 2.60 bits per heavy atom. The van der Waals surface area contributed by atoms with Crippen molar-refractivity contribution >= 4 is 12.6 Å². The molecule has 0 radical (unpaired) electrons. The molecule has 192 valence electrons. The predicted octanol–water partition coefficient (Wildman–Crippen LogP) is 5.29. The van der Waals surface area contributed by atoms with Crippen molar-refractivity contribution in [3.63, 3.8) is 0 Å². The van der Waals surface area contributed by atoms with Gasteiger partial charge >= 0.3 is 6.09 Å². The fraction of sp³-hybridized carbons (Fsp3) is 0.481. The average molecular weight is 489 g/mol. The Labute approximate surface area is 207 Å². The first kappa shape index (κ1) is 28.1. The van der Waals surface area contributed by atoms with E-state index in [1.165, 1.54) is 6.07 Å². The van der Waals surface area contributed by atoms with Gasteiger partial charge in [-0.15, -0.1) is 0 Å². The normalized spacial score (nSPS) is 15.9. The molecule has 3 rings (SSSR count). The summed E-state index contributed by atoms with van der Waals surface area (Å²) in [4.78, 5) is 21.5. The van der Waals surface area contributed by atoms with Crippen molar-refractivity contribution in [3.8, 4) is 5.75 Å². The summed E-state index contributed by atoms with van der Waals surface area (Å²) in [6.07, 6.45) is 2.26. The van der Waals surface area contributed by atoms with E-state index in [0.717, 1.165) is 30.5 Å². The molecule has 0 saturated carbocycles. The summed E-state index contributed by atoms with van der Waals surface area (Å²) in [5.74, 6) is 0.446. The maximum atomic E-state index is 13.6. The molecule has 0 aromatic heterocycles. The van der Waals surface area contributed by atoms with E-state index in [4.69, 9.17) is 9.47 Å². The third-order valence-corrected chi connectivity index (χ3v) is 5.14. The maximum absolute atomic E-state index is 13.6. The van der Waals surface area contributed by atoms with Crippen LogP contribution in [0.3, 0.4) is 0 Å². The lowest BCUT2D eigenvalue weighted by Gasteiger charge is -2.22. The van der Waals surface area contributed by atoms with Gasteiger partial charge in [-0.2, -0.15) is 0 Å². The van der Waals surface area contributed by atoms with Crippen molar-refractivity contribution in [1.29, 1.82) is 0 Å². The first-order valence-corrected chi connectivity index (χ1v) is 11.9. The Morgan fingerprint density at radius 2 is 1.97 bits per heavy atom. The van der Waals surface area contributed by atoms with Gasteiger partial charge in [0.25, 0.3) is 6.47 Å². The van der Waals surface area contributed by atoms with E-state index in [1.807, 2.05) is 58.0 Å². The zero-order valence-corrected chi connectivity index (χ0v) is 21.0. The van der Waals surface area contributed by atoms with Crippen LogP contribution in [0, 0.1) is 5.82 Å². The monoisotopic (exact) mass is 488 g/mol. The highest BCUT2D eigenvalue weighted by Crippen LogP contribution is 2.31. The molecule has 0 bridgehead atoms. The van der Waals surface area contributed by atoms with Gasteiger partial charge in [-0.05, 0) is 70.8 Å². The lowest BCUT2D eigenvalue weighted by Crippen LogP contribution is -2.38. The standard InChI is InChI=1S/C19H29FN2O3.C8H8O2/c1-13(22-18(23)25-19(2,3)4)9-11-24-17-8-7-14(20)12-15(17)16-6-5-10-21-16;9-7-10-6-8-4-2-1-3-5-8/h7-8,12-13,16,21H,5-6,9-11H2,1-4H3,(H,22,23);1-5,7H,6H2/t13?,16-;/m1./s1. The lowest BCUT2D eigenvalue weighted by molar-refractivity contribution is -0.129. The smallest absolute Gasteiger partial charge is 0.407 e. The van der Waals surface area contributed by atoms with Crippen LogP contribution < -0.4 is 15.4 Å². The molecule has 0 spiro atoms. The van der Waals surface area contributed by atoms with Gasteiger partial charge in [0.05, 0.1) is 6.61 Å². The first-order valence-electron chi connectivity index (χ1n) is 11.9. The van der Waals surface area contributed by atoms with Gasteiger partial charge in [-0.25, -0.2) is 9.18 Å². The lowest BCUT2D eigenvalue weighted by atomic mass is 10.0. The summed E-state index contributed by atoms with van der Waals surface area (Å²) >= 11 is 0. The minimum absolute atomic E-state index is 0.0802. The Hall–Kier alpha value is -3.13. The fourth-order valence-electron chi connectivity index (χ4n) is 3.50. The van der Waals surface area contributed by atoms with Crippen LogP contribution in [-0.4, -0.2) is 37.4 Å². The number of hydrogen-bond acceptors (Lipinski definition) is 6. The van der Waals surface area contributed by atoms with E-state index in [0.29, 0.717) is 31.9 Å². The van der Waals surface area contributed by atoms with Crippen molar-refractivity contribution in [2.75, 3.05) is 13.2 Å². The molecule has 1 amide bonds. The van der Waals surface area contributed by atoms with Crippen LogP contribution in [0.2, 0.25) is 0 Å². The highest BCUT2D eigenvalue weighted by molar-refractivity contribution is 5.68. The second-order valence-corrected chi connectivity index (χ2v) is 9.41. The van der Waals surface area contributed by atoms with Crippen LogP contribution in [0.25, 0.3) is 0 Å². The number of carbonyl (C=O) groups is 2. The highest BCUT2D eigenvalue weighted by Gasteiger charge is 2.21. The van der Waals surface area contributed by atoms with Crippen molar-refractivity contribution in [3.05, 3.63) is 65.5 Å². The van der Waals surface area contributed by atoms with Crippen molar-refractivity contribution < 1.29 is 28.2 Å². The summed E-state index contributed by atoms with van der Waals surface area (Å²) in [7, 11) is 0. The number of amides is 1. The third kappa shape index (κ3) is 11.2. The molecular weight excluding hydrogens is 451 g/mol. The molecule has 1 heterocycles. The van der Waals surface area contributed by atoms with Gasteiger partial charge in [0, 0.05) is 24.1 Å². The van der Waals surface area contributed by atoms with E-state index < -0.39 is 11.7 Å². The molecular formula is C27H37FN2O5. The van der Waals surface area contributed by atoms with Crippen LogP contribution in [-0.2, 0) is 20.9 Å². The van der Waals surface area contributed by atoms with E-state index in [9.17, 15) is 14.0 Å². The molecule has 2 atom stereocenters. The molecule has 1 aliphatic heterocycles. The number of benzene rings is 2. The van der Waals surface area contributed by atoms with Crippen LogP contribution in [0.1, 0.15) is 64.1 Å². The topological polar surface area (TPSA) is 85.9 Å². The summed E-state index contributed by atoms with van der Waals surface area (Å²) in [6, 6.07) is 14.2. The largest absolute Gasteiger partial charge is 0.493 e. The van der Waals surface area contributed by atoms with Gasteiger partial charge in [0.1, 0.15) is 23.8 Å². The minimum atomic E-state index is -0.516. The second kappa shape index (κ2) is 14.3. The molecule has 2 N–H and O–H groups in total. The Balaban J connectivity index is 0.000000360. The van der Waals surface area contributed by atoms with E-state index in [-0.39, 0.29) is 17.9 Å². The van der Waals surface area contributed by atoms with Crippen LogP contribution in [0.15, 0.2) is 48.5 Å². The van der Waals surface area contributed by atoms with Crippen LogP contribution >= 0.6 is 0 Å². The molecule has 8 heteroatoms. The van der Waals surface area contributed by atoms with Crippen molar-refractivity contribution in [2.45, 2.75) is 71.2 Å². The number of hydrogen-bond donors (Lipinski definition) is 2. The third-order valence-electron chi connectivity index (χ3n) is 5.14. The Bertz CT molecular complexity index is 912. The number of halogens is 1. The number of carbonyl (C=O) groups excluding carboxylic acids is 2. The van der Waals surface area contributed by atoms with Gasteiger partial charge in [0.15, 0.2) is 0 Å².